The summed E-state index contributed by atoms with van der Waals surface area (Å²) in [4.78, 5) is 11.5. The lowest BCUT2D eigenvalue weighted by molar-refractivity contribution is 0.220. The van der Waals surface area contributed by atoms with Crippen LogP contribution in [0.2, 0.25) is 0 Å². The summed E-state index contributed by atoms with van der Waals surface area (Å²) in [5, 5.41) is 14.1. The molecule has 1 atom stereocenters. The Hall–Kier alpha value is -1.27. The molecule has 106 valence electrons. The maximum Gasteiger partial charge on any atom is 0.315 e. The molecule has 1 rings (SSSR count). The summed E-state index contributed by atoms with van der Waals surface area (Å²) in [6.07, 6.45) is 1.94. The number of halogens is 1. The average molecular weight is 286 g/mol. The minimum absolute atomic E-state index is 0.109. The van der Waals surface area contributed by atoms with Crippen LogP contribution in [-0.2, 0) is 12.3 Å². The molecule has 0 fully saturated rings. The zero-order chi connectivity index (χ0) is 14.3. The molecule has 2 amide bonds. The van der Waals surface area contributed by atoms with Crippen LogP contribution in [0.3, 0.4) is 0 Å². The first kappa shape index (κ1) is 15.8. The number of rotatable bonds is 6. The van der Waals surface area contributed by atoms with E-state index in [1.54, 1.807) is 24.8 Å². The second-order valence-corrected chi connectivity index (χ2v) is 5.12. The summed E-state index contributed by atoms with van der Waals surface area (Å²) < 4.78 is 13.2. The van der Waals surface area contributed by atoms with Gasteiger partial charge in [0.25, 0.3) is 0 Å². The highest BCUT2D eigenvalue weighted by Crippen LogP contribution is 2.16. The molecule has 0 saturated carbocycles. The van der Waals surface area contributed by atoms with E-state index in [0.717, 1.165) is 11.1 Å². The van der Waals surface area contributed by atoms with Crippen molar-refractivity contribution in [2.24, 2.45) is 0 Å². The first-order chi connectivity index (χ1) is 9.06. The molecule has 0 bridgehead atoms. The van der Waals surface area contributed by atoms with E-state index in [-0.39, 0.29) is 24.5 Å². The van der Waals surface area contributed by atoms with Crippen LogP contribution in [-0.4, -0.2) is 30.0 Å². The molecule has 0 unspecified atom stereocenters. The third-order valence-corrected chi connectivity index (χ3v) is 3.16. The number of nitrogens with one attached hydrogen (secondary N) is 2. The zero-order valence-corrected chi connectivity index (χ0v) is 11.9. The van der Waals surface area contributed by atoms with Crippen molar-refractivity contribution in [3.63, 3.8) is 0 Å². The number of hydrogen-bond donors (Lipinski definition) is 3. The third kappa shape index (κ3) is 5.48. The monoisotopic (exact) mass is 286 g/mol. The molecular formula is C13H19FN2O2S. The average Bonchev–Trinajstić information content (AvgIpc) is 2.38. The Morgan fingerprint density at radius 2 is 2.21 bits per heavy atom. The number of aliphatic hydroxyl groups is 1. The van der Waals surface area contributed by atoms with Gasteiger partial charge in [0.15, 0.2) is 0 Å². The van der Waals surface area contributed by atoms with Gasteiger partial charge in [-0.05, 0) is 36.4 Å². The maximum atomic E-state index is 13.2. The summed E-state index contributed by atoms with van der Waals surface area (Å²) in [5.41, 5.74) is 1.77. The minimum Gasteiger partial charge on any atom is -0.394 e. The van der Waals surface area contributed by atoms with Crippen LogP contribution in [0.5, 0.6) is 0 Å². The third-order valence-electron chi connectivity index (χ3n) is 2.56. The van der Waals surface area contributed by atoms with E-state index in [0.29, 0.717) is 12.3 Å². The van der Waals surface area contributed by atoms with Gasteiger partial charge in [0.1, 0.15) is 5.82 Å². The standard InChI is InChI=1S/C13H19FN2O2S/c1-9(7-17)16-13(18)15-6-10-3-4-12(14)5-11(10)8-19-2/h3-5,9,17H,6-8H2,1-2H3,(H2,15,16,18)/t9-/m0/s1. The summed E-state index contributed by atoms with van der Waals surface area (Å²) >= 11 is 1.60. The van der Waals surface area contributed by atoms with Gasteiger partial charge in [-0.3, -0.25) is 0 Å². The van der Waals surface area contributed by atoms with Crippen LogP contribution < -0.4 is 10.6 Å². The summed E-state index contributed by atoms with van der Waals surface area (Å²) in [7, 11) is 0. The second-order valence-electron chi connectivity index (χ2n) is 4.26. The van der Waals surface area contributed by atoms with Crippen LogP contribution in [0.25, 0.3) is 0 Å². The molecule has 0 spiro atoms. The number of hydrogen-bond acceptors (Lipinski definition) is 3. The molecule has 0 aliphatic carbocycles. The first-order valence-electron chi connectivity index (χ1n) is 5.98. The lowest BCUT2D eigenvalue weighted by Crippen LogP contribution is -2.42. The molecule has 0 aromatic heterocycles. The van der Waals surface area contributed by atoms with E-state index in [1.807, 2.05) is 6.26 Å². The maximum absolute atomic E-state index is 13.2. The number of benzene rings is 1. The molecule has 0 radical (unpaired) electrons. The minimum atomic E-state index is -0.346. The Morgan fingerprint density at radius 3 is 2.84 bits per heavy atom. The summed E-state index contributed by atoms with van der Waals surface area (Å²) in [5.74, 6) is 0.426. The highest BCUT2D eigenvalue weighted by Gasteiger charge is 2.08. The van der Waals surface area contributed by atoms with Crippen LogP contribution in [0.1, 0.15) is 18.1 Å². The molecule has 0 saturated heterocycles. The number of aliphatic hydroxyl groups excluding tert-OH is 1. The van der Waals surface area contributed by atoms with Gasteiger partial charge in [-0.15, -0.1) is 0 Å². The Labute approximate surface area is 116 Å². The van der Waals surface area contributed by atoms with Gasteiger partial charge in [-0.25, -0.2) is 9.18 Å². The number of carbonyl (C=O) groups is 1. The molecule has 0 heterocycles. The zero-order valence-electron chi connectivity index (χ0n) is 11.1. The van der Waals surface area contributed by atoms with E-state index in [1.165, 1.54) is 12.1 Å². The fraction of sp³-hybridized carbons (Fsp3) is 0.462. The first-order valence-corrected chi connectivity index (χ1v) is 7.37. The lowest BCUT2D eigenvalue weighted by Gasteiger charge is -2.13. The van der Waals surface area contributed by atoms with Crippen molar-refractivity contribution >= 4 is 17.8 Å². The molecule has 0 aliphatic rings. The second kappa shape index (κ2) is 8.01. The fourth-order valence-electron chi connectivity index (χ4n) is 1.55. The Morgan fingerprint density at radius 1 is 1.47 bits per heavy atom. The van der Waals surface area contributed by atoms with Gasteiger partial charge in [0.2, 0.25) is 0 Å². The molecule has 1 aromatic carbocycles. The fourth-order valence-corrected chi connectivity index (χ4v) is 2.13. The quantitative estimate of drug-likeness (QED) is 0.748. The summed E-state index contributed by atoms with van der Waals surface area (Å²) in [6, 6.07) is 3.91. The van der Waals surface area contributed by atoms with E-state index >= 15 is 0 Å². The van der Waals surface area contributed by atoms with Crippen molar-refractivity contribution in [3.05, 3.63) is 35.1 Å². The predicted molar refractivity (Wildman–Crippen MR) is 75.5 cm³/mol. The van der Waals surface area contributed by atoms with Gasteiger partial charge < -0.3 is 15.7 Å². The number of thioether (sulfide) groups is 1. The van der Waals surface area contributed by atoms with E-state index in [2.05, 4.69) is 10.6 Å². The number of carbonyl (C=O) groups excluding carboxylic acids is 1. The predicted octanol–water partition coefficient (Wildman–Crippen LogP) is 1.87. The van der Waals surface area contributed by atoms with E-state index in [9.17, 15) is 9.18 Å². The smallest absolute Gasteiger partial charge is 0.315 e. The van der Waals surface area contributed by atoms with Crippen LogP contribution >= 0.6 is 11.8 Å². The Kier molecular flexibility index (Phi) is 6.66. The van der Waals surface area contributed by atoms with Crippen molar-refractivity contribution in [1.82, 2.24) is 10.6 Å². The molecular weight excluding hydrogens is 267 g/mol. The van der Waals surface area contributed by atoms with Crippen molar-refractivity contribution in [2.45, 2.75) is 25.3 Å². The Bertz CT molecular complexity index is 429. The molecule has 6 heteroatoms. The molecule has 19 heavy (non-hydrogen) atoms. The van der Waals surface area contributed by atoms with Gasteiger partial charge in [-0.2, -0.15) is 11.8 Å². The van der Waals surface area contributed by atoms with Gasteiger partial charge >= 0.3 is 6.03 Å². The van der Waals surface area contributed by atoms with Crippen molar-refractivity contribution in [1.29, 1.82) is 0 Å². The van der Waals surface area contributed by atoms with Crippen LogP contribution in [0.4, 0.5) is 9.18 Å². The number of urea groups is 1. The molecule has 3 N–H and O–H groups in total. The van der Waals surface area contributed by atoms with Gasteiger partial charge in [0, 0.05) is 12.3 Å². The van der Waals surface area contributed by atoms with Crippen LogP contribution in [0, 0.1) is 5.82 Å². The summed E-state index contributed by atoms with van der Waals surface area (Å²) in [6.45, 7) is 1.93. The SMILES string of the molecule is CSCc1cc(F)ccc1CNC(=O)N[C@@H](C)CO. The Balaban J connectivity index is 2.59. The van der Waals surface area contributed by atoms with Crippen molar-refractivity contribution in [3.8, 4) is 0 Å². The van der Waals surface area contributed by atoms with E-state index < -0.39 is 0 Å². The van der Waals surface area contributed by atoms with Gasteiger partial charge in [-0.1, -0.05) is 6.07 Å². The normalized spacial score (nSPS) is 12.0. The van der Waals surface area contributed by atoms with E-state index in [4.69, 9.17) is 5.11 Å². The van der Waals surface area contributed by atoms with Crippen molar-refractivity contribution in [2.75, 3.05) is 12.9 Å². The highest BCUT2D eigenvalue weighted by atomic mass is 32.2. The highest BCUT2D eigenvalue weighted by molar-refractivity contribution is 7.97. The molecule has 0 aliphatic heterocycles. The lowest BCUT2D eigenvalue weighted by atomic mass is 10.1. The van der Waals surface area contributed by atoms with Crippen molar-refractivity contribution < 1.29 is 14.3 Å². The number of amides is 2. The largest absolute Gasteiger partial charge is 0.394 e. The van der Waals surface area contributed by atoms with Crippen LogP contribution in [0.15, 0.2) is 18.2 Å². The molecule has 1 aromatic rings. The topological polar surface area (TPSA) is 61.4 Å². The van der Waals surface area contributed by atoms with Gasteiger partial charge in [0.05, 0.1) is 12.6 Å². The molecule has 4 nitrogen and oxygen atoms in total.